The molecule has 0 aliphatic carbocycles. The molecule has 6 aromatic carbocycles. The summed E-state index contributed by atoms with van der Waals surface area (Å²) in [6.45, 7) is 4.57. The van der Waals surface area contributed by atoms with Gasteiger partial charge in [0, 0.05) is 22.7 Å². The highest BCUT2D eigenvalue weighted by molar-refractivity contribution is 5.79. The summed E-state index contributed by atoms with van der Waals surface area (Å²) in [6, 6.07) is 58.4. The Morgan fingerprint density at radius 2 is 0.884 bits per heavy atom. The first-order chi connectivity index (χ1) is 21.2. The first-order valence-electron chi connectivity index (χ1n) is 15.2. The molecule has 0 aliphatic rings. The fourth-order valence-electron chi connectivity index (χ4n) is 6.07. The number of hydrogen-bond donors (Lipinski definition) is 1. The van der Waals surface area contributed by atoms with Crippen molar-refractivity contribution in [3.8, 4) is 22.3 Å². The molecule has 0 aliphatic heterocycles. The second-order valence-corrected chi connectivity index (χ2v) is 11.0. The van der Waals surface area contributed by atoms with Crippen LogP contribution in [0.3, 0.4) is 0 Å². The summed E-state index contributed by atoms with van der Waals surface area (Å²) >= 11 is 0. The van der Waals surface area contributed by atoms with Crippen LogP contribution < -0.4 is 10.2 Å². The molecule has 0 heterocycles. The summed E-state index contributed by atoms with van der Waals surface area (Å²) < 4.78 is 0. The van der Waals surface area contributed by atoms with Gasteiger partial charge in [0.15, 0.2) is 0 Å². The van der Waals surface area contributed by atoms with Crippen LogP contribution in [0.4, 0.5) is 22.7 Å². The van der Waals surface area contributed by atoms with E-state index in [1.807, 2.05) is 0 Å². The topological polar surface area (TPSA) is 15.3 Å². The first-order valence-corrected chi connectivity index (χ1v) is 15.2. The molecule has 0 saturated heterocycles. The highest BCUT2D eigenvalue weighted by atomic mass is 15.1. The van der Waals surface area contributed by atoms with Gasteiger partial charge in [-0.05, 0) is 89.2 Å². The highest BCUT2D eigenvalue weighted by Crippen LogP contribution is 2.41. The van der Waals surface area contributed by atoms with Crippen LogP contribution in [0.25, 0.3) is 22.3 Å². The number of nitrogens with zero attached hydrogens (tertiary/aromatic N) is 1. The maximum atomic E-state index is 3.96. The summed E-state index contributed by atoms with van der Waals surface area (Å²) in [5.41, 5.74) is 10.6. The van der Waals surface area contributed by atoms with Crippen molar-refractivity contribution in [3.05, 3.63) is 169 Å². The Kier molecular flexibility index (Phi) is 8.38. The lowest BCUT2D eigenvalue weighted by Gasteiger charge is -2.36. The molecular formula is C41H38N2. The van der Waals surface area contributed by atoms with E-state index >= 15 is 0 Å². The minimum absolute atomic E-state index is 0.205. The standard InChI is InChI=1S/C41H38N2/c1-3-41(4-2,42-35-28-24-33(25-29-35)32-16-8-5-9-17-32)40-23-15-14-22-39(40)34-26-30-38(31-27-34)43(36-18-10-6-11-19-36)37-20-12-7-13-21-37/h5-31,42H,3-4H2,1-2H3. The van der Waals surface area contributed by atoms with Crippen molar-refractivity contribution in [2.75, 3.05) is 10.2 Å². The van der Waals surface area contributed by atoms with Crippen molar-refractivity contribution in [1.29, 1.82) is 0 Å². The number of benzene rings is 6. The van der Waals surface area contributed by atoms with Crippen LogP contribution in [0.15, 0.2) is 164 Å². The summed E-state index contributed by atoms with van der Waals surface area (Å²) in [6.07, 6.45) is 1.93. The lowest BCUT2D eigenvalue weighted by molar-refractivity contribution is 0.456. The molecule has 6 aromatic rings. The third-order valence-electron chi connectivity index (χ3n) is 8.49. The van der Waals surface area contributed by atoms with Crippen LogP contribution >= 0.6 is 0 Å². The van der Waals surface area contributed by atoms with E-state index < -0.39 is 0 Å². The van der Waals surface area contributed by atoms with Crippen LogP contribution in [0.5, 0.6) is 0 Å². The van der Waals surface area contributed by atoms with Gasteiger partial charge in [0.2, 0.25) is 0 Å². The Hall–Kier alpha value is -5.08. The summed E-state index contributed by atoms with van der Waals surface area (Å²) in [5, 5.41) is 3.96. The number of hydrogen-bond acceptors (Lipinski definition) is 2. The third kappa shape index (κ3) is 5.96. The Morgan fingerprint density at radius 1 is 0.442 bits per heavy atom. The van der Waals surface area contributed by atoms with Gasteiger partial charge in [-0.3, -0.25) is 0 Å². The predicted molar refractivity (Wildman–Crippen MR) is 184 cm³/mol. The smallest absolute Gasteiger partial charge is 0.0626 e. The highest BCUT2D eigenvalue weighted by Gasteiger charge is 2.31. The van der Waals surface area contributed by atoms with Crippen LogP contribution in [-0.4, -0.2) is 0 Å². The lowest BCUT2D eigenvalue weighted by atomic mass is 9.80. The minimum atomic E-state index is -0.205. The number of rotatable bonds is 10. The normalized spacial score (nSPS) is 11.2. The van der Waals surface area contributed by atoms with Crippen molar-refractivity contribution < 1.29 is 0 Å². The van der Waals surface area contributed by atoms with E-state index in [1.54, 1.807) is 0 Å². The maximum Gasteiger partial charge on any atom is 0.0626 e. The molecule has 0 aromatic heterocycles. The molecule has 43 heavy (non-hydrogen) atoms. The molecule has 0 bridgehead atoms. The summed E-state index contributed by atoms with van der Waals surface area (Å²) in [5.74, 6) is 0. The van der Waals surface area contributed by atoms with E-state index in [0.29, 0.717) is 0 Å². The van der Waals surface area contributed by atoms with Gasteiger partial charge >= 0.3 is 0 Å². The fraction of sp³-hybridized carbons (Fsp3) is 0.122. The van der Waals surface area contributed by atoms with Gasteiger partial charge in [0.1, 0.15) is 0 Å². The van der Waals surface area contributed by atoms with E-state index in [-0.39, 0.29) is 5.54 Å². The molecule has 1 N–H and O–H groups in total. The number of para-hydroxylation sites is 2. The summed E-state index contributed by atoms with van der Waals surface area (Å²) in [7, 11) is 0. The molecule has 2 nitrogen and oxygen atoms in total. The monoisotopic (exact) mass is 558 g/mol. The van der Waals surface area contributed by atoms with E-state index in [1.165, 1.54) is 27.8 Å². The molecule has 0 saturated carbocycles. The average molecular weight is 559 g/mol. The number of anilines is 4. The van der Waals surface area contributed by atoms with Crippen LogP contribution in [0.2, 0.25) is 0 Å². The van der Waals surface area contributed by atoms with Crippen molar-refractivity contribution in [2.45, 2.75) is 32.2 Å². The van der Waals surface area contributed by atoms with Crippen molar-refractivity contribution in [1.82, 2.24) is 0 Å². The zero-order valence-corrected chi connectivity index (χ0v) is 24.9. The molecule has 6 rings (SSSR count). The van der Waals surface area contributed by atoms with Gasteiger partial charge in [0.05, 0.1) is 5.54 Å². The Bertz CT molecular complexity index is 1680. The lowest BCUT2D eigenvalue weighted by Crippen LogP contribution is -2.34. The van der Waals surface area contributed by atoms with E-state index in [2.05, 4.69) is 188 Å². The van der Waals surface area contributed by atoms with Crippen molar-refractivity contribution in [2.24, 2.45) is 0 Å². The third-order valence-corrected chi connectivity index (χ3v) is 8.49. The van der Waals surface area contributed by atoms with Crippen molar-refractivity contribution in [3.63, 3.8) is 0 Å². The van der Waals surface area contributed by atoms with Crippen LogP contribution in [0.1, 0.15) is 32.3 Å². The second-order valence-electron chi connectivity index (χ2n) is 11.0. The molecule has 2 heteroatoms. The predicted octanol–water partition coefficient (Wildman–Crippen LogP) is 11.6. The molecule has 0 amide bonds. The summed E-state index contributed by atoms with van der Waals surface area (Å²) in [4.78, 5) is 2.30. The van der Waals surface area contributed by atoms with Gasteiger partial charge in [-0.15, -0.1) is 0 Å². The van der Waals surface area contributed by atoms with Gasteiger partial charge < -0.3 is 10.2 Å². The first kappa shape index (κ1) is 28.1. The molecule has 0 atom stereocenters. The Balaban J connectivity index is 1.33. The molecule has 0 spiro atoms. The van der Waals surface area contributed by atoms with E-state index in [9.17, 15) is 0 Å². The molecular weight excluding hydrogens is 520 g/mol. The van der Waals surface area contributed by atoms with Gasteiger partial charge in [-0.25, -0.2) is 0 Å². The zero-order chi connectivity index (χ0) is 29.5. The Labute approximate surface area is 256 Å². The van der Waals surface area contributed by atoms with Crippen molar-refractivity contribution >= 4 is 22.7 Å². The molecule has 0 radical (unpaired) electrons. The van der Waals surface area contributed by atoms with E-state index in [0.717, 1.165) is 35.6 Å². The average Bonchev–Trinajstić information content (AvgIpc) is 3.09. The molecule has 0 unspecified atom stereocenters. The van der Waals surface area contributed by atoms with Crippen LogP contribution in [0, 0.1) is 0 Å². The number of nitrogens with one attached hydrogen (secondary N) is 1. The minimum Gasteiger partial charge on any atom is -0.376 e. The fourth-order valence-corrected chi connectivity index (χ4v) is 6.07. The van der Waals surface area contributed by atoms with Gasteiger partial charge in [0.25, 0.3) is 0 Å². The largest absolute Gasteiger partial charge is 0.376 e. The molecule has 0 fully saturated rings. The van der Waals surface area contributed by atoms with E-state index in [4.69, 9.17) is 0 Å². The molecule has 212 valence electrons. The Morgan fingerprint density at radius 3 is 1.44 bits per heavy atom. The quantitative estimate of drug-likeness (QED) is 0.180. The zero-order valence-electron chi connectivity index (χ0n) is 24.9. The van der Waals surface area contributed by atoms with Crippen LogP contribution in [-0.2, 0) is 5.54 Å². The maximum absolute atomic E-state index is 3.96. The SMILES string of the molecule is CCC(CC)(Nc1ccc(-c2ccccc2)cc1)c1ccccc1-c1ccc(N(c2ccccc2)c2ccccc2)cc1. The second kappa shape index (κ2) is 12.8. The van der Waals surface area contributed by atoms with Gasteiger partial charge in [-0.2, -0.15) is 0 Å². The van der Waals surface area contributed by atoms with Gasteiger partial charge in [-0.1, -0.05) is 129 Å².